The molecule has 4 rings (SSSR count). The van der Waals surface area contributed by atoms with Crippen LogP contribution in [0.3, 0.4) is 0 Å². The van der Waals surface area contributed by atoms with Gasteiger partial charge in [-0.1, -0.05) is 30.3 Å². The van der Waals surface area contributed by atoms with Crippen molar-refractivity contribution in [1.29, 1.82) is 0 Å². The predicted octanol–water partition coefficient (Wildman–Crippen LogP) is 3.63. The summed E-state index contributed by atoms with van der Waals surface area (Å²) in [4.78, 5) is 26.7. The number of hydrogen-bond donors (Lipinski definition) is 3. The lowest BCUT2D eigenvalue weighted by Gasteiger charge is -2.31. The van der Waals surface area contributed by atoms with Gasteiger partial charge in [-0.2, -0.15) is 0 Å². The van der Waals surface area contributed by atoms with Crippen LogP contribution in [0.2, 0.25) is 0 Å². The number of aliphatic hydroxyl groups excluding tert-OH is 1. The van der Waals surface area contributed by atoms with Crippen molar-refractivity contribution in [2.24, 2.45) is 5.92 Å². The largest absolute Gasteiger partial charge is 0.455 e. The van der Waals surface area contributed by atoms with Crippen molar-refractivity contribution in [2.45, 2.75) is 24.2 Å². The second-order valence-electron chi connectivity index (χ2n) is 9.06. The molecule has 0 aliphatic carbocycles. The number of sulfonamides is 1. The third-order valence-electron chi connectivity index (χ3n) is 6.43. The summed E-state index contributed by atoms with van der Waals surface area (Å²) in [5.74, 6) is 0.708. The van der Waals surface area contributed by atoms with E-state index in [0.29, 0.717) is 30.5 Å². The monoisotopic (exact) mass is 537 g/mol. The van der Waals surface area contributed by atoms with E-state index in [-0.39, 0.29) is 35.2 Å². The molecule has 3 N–H and O–H groups in total. The van der Waals surface area contributed by atoms with E-state index in [0.717, 1.165) is 19.3 Å². The number of benzene rings is 3. The Hall–Kier alpha value is -3.89. The normalized spacial score (nSPS) is 14.1. The molecule has 0 bridgehead atoms. The molecule has 1 aliphatic heterocycles. The summed E-state index contributed by atoms with van der Waals surface area (Å²) in [6, 6.07) is 21.2. The van der Waals surface area contributed by atoms with Gasteiger partial charge in [0.15, 0.2) is 5.75 Å². The third-order valence-corrected chi connectivity index (χ3v) is 7.82. The molecular weight excluding hydrogens is 506 g/mol. The summed E-state index contributed by atoms with van der Waals surface area (Å²) in [5, 5.41) is 11.7. The van der Waals surface area contributed by atoms with Gasteiger partial charge in [0.05, 0.1) is 17.1 Å². The maximum atomic E-state index is 13.0. The first kappa shape index (κ1) is 27.2. The fourth-order valence-electron chi connectivity index (χ4n) is 4.27. The van der Waals surface area contributed by atoms with Crippen LogP contribution in [0, 0.1) is 5.92 Å². The Morgan fingerprint density at radius 3 is 2.26 bits per heavy atom. The van der Waals surface area contributed by atoms with Crippen molar-refractivity contribution < 1.29 is 27.9 Å². The van der Waals surface area contributed by atoms with Crippen LogP contribution in [0.5, 0.6) is 11.5 Å². The summed E-state index contributed by atoms with van der Waals surface area (Å²) in [6.07, 6.45) is 2.42. The van der Waals surface area contributed by atoms with Gasteiger partial charge in [-0.3, -0.25) is 14.3 Å². The van der Waals surface area contributed by atoms with E-state index < -0.39 is 15.9 Å². The molecule has 0 atom stereocenters. The smallest absolute Gasteiger partial charge is 0.262 e. The van der Waals surface area contributed by atoms with Crippen molar-refractivity contribution in [3.8, 4) is 11.5 Å². The first-order valence-electron chi connectivity index (χ1n) is 12.5. The number of carbonyl (C=O) groups is 2. The van der Waals surface area contributed by atoms with Gasteiger partial charge in [-0.05, 0) is 73.7 Å². The molecule has 2 amide bonds. The molecule has 9 nitrogen and oxygen atoms in total. The van der Waals surface area contributed by atoms with Gasteiger partial charge in [0.25, 0.3) is 15.9 Å². The van der Waals surface area contributed by atoms with Crippen LogP contribution in [0.15, 0.2) is 83.8 Å². The third kappa shape index (κ3) is 7.11. The number of likely N-dealkylation sites (tertiary alicyclic amines) is 1. The summed E-state index contributed by atoms with van der Waals surface area (Å²) < 4.78 is 34.4. The highest BCUT2D eigenvalue weighted by molar-refractivity contribution is 7.92. The number of carbonyl (C=O) groups excluding carboxylic acids is 2. The van der Waals surface area contributed by atoms with Gasteiger partial charge >= 0.3 is 0 Å². The van der Waals surface area contributed by atoms with Crippen LogP contribution in [0.25, 0.3) is 0 Å². The highest BCUT2D eigenvalue weighted by atomic mass is 32.2. The number of rotatable bonds is 10. The maximum Gasteiger partial charge on any atom is 0.262 e. The standard InChI is InChI=1S/C28H31N3O6S/c32-19-16-21-14-17-31(18-15-21)27(33)20-29-28(34)22-10-12-24(13-11-22)38(35,36)30-25-8-4-5-9-26(25)37-23-6-2-1-3-7-23/h1-13,21,30,32H,14-20H2,(H,29,34). The number of ether oxygens (including phenoxy) is 1. The van der Waals surface area contributed by atoms with Crippen LogP contribution < -0.4 is 14.8 Å². The zero-order valence-corrected chi connectivity index (χ0v) is 21.7. The van der Waals surface area contributed by atoms with Crippen LogP contribution >= 0.6 is 0 Å². The zero-order valence-electron chi connectivity index (χ0n) is 20.9. The number of piperidine rings is 1. The van der Waals surface area contributed by atoms with E-state index >= 15 is 0 Å². The van der Waals surface area contributed by atoms with E-state index in [1.165, 1.54) is 24.3 Å². The highest BCUT2D eigenvalue weighted by Crippen LogP contribution is 2.31. The topological polar surface area (TPSA) is 125 Å². The molecule has 0 aromatic heterocycles. The Bertz CT molecular complexity index is 1340. The predicted molar refractivity (Wildman–Crippen MR) is 144 cm³/mol. The Morgan fingerprint density at radius 2 is 1.58 bits per heavy atom. The molecular formula is C28H31N3O6S. The van der Waals surface area contributed by atoms with E-state index in [9.17, 15) is 18.0 Å². The fraction of sp³-hybridized carbons (Fsp3) is 0.286. The minimum Gasteiger partial charge on any atom is -0.455 e. The molecule has 0 unspecified atom stereocenters. The lowest BCUT2D eigenvalue weighted by atomic mass is 9.94. The van der Waals surface area contributed by atoms with Crippen LogP contribution in [-0.2, 0) is 14.8 Å². The number of amides is 2. The molecule has 3 aromatic rings. The van der Waals surface area contributed by atoms with Gasteiger partial charge in [-0.25, -0.2) is 8.42 Å². The zero-order chi connectivity index (χ0) is 27.0. The van der Waals surface area contributed by atoms with Gasteiger partial charge in [-0.15, -0.1) is 0 Å². The molecule has 3 aromatic carbocycles. The van der Waals surface area contributed by atoms with Crippen LogP contribution in [0.4, 0.5) is 5.69 Å². The van der Waals surface area contributed by atoms with Gasteiger partial charge < -0.3 is 20.1 Å². The van der Waals surface area contributed by atoms with Crippen LogP contribution in [0.1, 0.15) is 29.6 Å². The molecule has 1 aliphatic rings. The summed E-state index contributed by atoms with van der Waals surface area (Å²) in [5.41, 5.74) is 0.517. The molecule has 1 saturated heterocycles. The molecule has 200 valence electrons. The number of hydrogen-bond acceptors (Lipinski definition) is 6. The highest BCUT2D eigenvalue weighted by Gasteiger charge is 2.23. The van der Waals surface area contributed by atoms with Crippen molar-refractivity contribution in [3.05, 3.63) is 84.4 Å². The fourth-order valence-corrected chi connectivity index (χ4v) is 5.34. The Morgan fingerprint density at radius 1 is 0.921 bits per heavy atom. The molecule has 0 spiro atoms. The van der Waals surface area contributed by atoms with E-state index in [4.69, 9.17) is 9.84 Å². The van der Waals surface area contributed by atoms with Gasteiger partial charge in [0.2, 0.25) is 5.91 Å². The van der Waals surface area contributed by atoms with Crippen molar-refractivity contribution in [3.63, 3.8) is 0 Å². The lowest BCUT2D eigenvalue weighted by Crippen LogP contribution is -2.44. The molecule has 0 saturated carbocycles. The Labute approximate surface area is 222 Å². The van der Waals surface area contributed by atoms with E-state index in [1.807, 2.05) is 18.2 Å². The number of nitrogens with one attached hydrogen (secondary N) is 2. The van der Waals surface area contributed by atoms with Crippen molar-refractivity contribution in [1.82, 2.24) is 10.2 Å². The summed E-state index contributed by atoms with van der Waals surface area (Å²) in [7, 11) is -3.96. The molecule has 1 heterocycles. The number of anilines is 1. The first-order valence-corrected chi connectivity index (χ1v) is 14.0. The number of para-hydroxylation sites is 3. The van der Waals surface area contributed by atoms with Gasteiger partial charge in [0.1, 0.15) is 5.75 Å². The quantitative estimate of drug-likeness (QED) is 0.363. The second kappa shape index (κ2) is 12.6. The SMILES string of the molecule is O=C(NCC(=O)N1CCC(CCO)CC1)c1ccc(S(=O)(=O)Nc2ccccc2Oc2ccccc2)cc1. The minimum absolute atomic E-state index is 0.0228. The average Bonchev–Trinajstić information content (AvgIpc) is 2.94. The molecule has 38 heavy (non-hydrogen) atoms. The maximum absolute atomic E-state index is 13.0. The Kier molecular flexibility index (Phi) is 8.98. The van der Waals surface area contributed by atoms with E-state index in [2.05, 4.69) is 10.0 Å². The average molecular weight is 538 g/mol. The second-order valence-corrected chi connectivity index (χ2v) is 10.7. The first-order chi connectivity index (χ1) is 18.4. The number of aliphatic hydroxyl groups is 1. The van der Waals surface area contributed by atoms with E-state index in [1.54, 1.807) is 41.3 Å². The molecule has 1 fully saturated rings. The minimum atomic E-state index is -3.96. The Balaban J connectivity index is 1.34. The van der Waals surface area contributed by atoms with Crippen molar-refractivity contribution in [2.75, 3.05) is 31.0 Å². The lowest BCUT2D eigenvalue weighted by molar-refractivity contribution is -0.131. The van der Waals surface area contributed by atoms with Crippen molar-refractivity contribution >= 4 is 27.5 Å². The summed E-state index contributed by atoms with van der Waals surface area (Å²) >= 11 is 0. The summed E-state index contributed by atoms with van der Waals surface area (Å²) in [6.45, 7) is 1.24. The molecule has 0 radical (unpaired) electrons. The van der Waals surface area contributed by atoms with Crippen LogP contribution in [-0.4, -0.2) is 56.5 Å². The van der Waals surface area contributed by atoms with Gasteiger partial charge in [0, 0.05) is 25.3 Å². The number of nitrogens with zero attached hydrogens (tertiary/aromatic N) is 1. The molecule has 10 heteroatoms.